The molecule has 1 amide bonds. The van der Waals surface area contributed by atoms with Crippen LogP contribution in [-0.4, -0.2) is 34.8 Å². The van der Waals surface area contributed by atoms with Crippen molar-refractivity contribution in [2.24, 2.45) is 5.73 Å². The second-order valence-corrected chi connectivity index (χ2v) is 7.53. The maximum absolute atomic E-state index is 15.3. The van der Waals surface area contributed by atoms with Crippen LogP contribution in [0.25, 0.3) is 11.0 Å². The molecule has 172 valence electrons. The van der Waals surface area contributed by atoms with Gasteiger partial charge in [-0.05, 0) is 48.5 Å². The van der Waals surface area contributed by atoms with Crippen molar-refractivity contribution in [3.63, 3.8) is 0 Å². The Balaban J connectivity index is 1.66. The first-order valence-electron chi connectivity index (χ1n) is 10.1. The van der Waals surface area contributed by atoms with Gasteiger partial charge in [0.05, 0.1) is 33.5 Å². The van der Waals surface area contributed by atoms with Gasteiger partial charge in [-0.2, -0.15) is 0 Å². The Kier molecular flexibility index (Phi) is 6.76. The third-order valence-corrected chi connectivity index (χ3v) is 5.12. The molecule has 0 bridgehead atoms. The van der Waals surface area contributed by atoms with Crippen molar-refractivity contribution < 1.29 is 23.1 Å². The molecular weight excluding hydrogens is 466 g/mol. The van der Waals surface area contributed by atoms with Crippen molar-refractivity contribution >= 4 is 40.0 Å². The third kappa shape index (κ3) is 4.85. The lowest BCUT2D eigenvalue weighted by atomic mass is 10.0. The quantitative estimate of drug-likeness (QED) is 0.378. The number of amides is 1. The molecule has 0 saturated heterocycles. The van der Waals surface area contributed by atoms with E-state index >= 15 is 4.39 Å². The van der Waals surface area contributed by atoms with Crippen molar-refractivity contribution in [2.75, 3.05) is 18.5 Å². The first-order valence-corrected chi connectivity index (χ1v) is 10.4. The topological polar surface area (TPSA) is 107 Å². The van der Waals surface area contributed by atoms with Gasteiger partial charge in [-0.3, -0.25) is 9.59 Å². The summed E-state index contributed by atoms with van der Waals surface area (Å²) in [5, 5.41) is 2.20. The van der Waals surface area contributed by atoms with Crippen LogP contribution in [0, 0.1) is 11.6 Å². The van der Waals surface area contributed by atoms with Gasteiger partial charge in [0.1, 0.15) is 12.4 Å². The van der Waals surface area contributed by atoms with Crippen LogP contribution in [0.2, 0.25) is 5.02 Å². The van der Waals surface area contributed by atoms with Gasteiger partial charge in [0.25, 0.3) is 5.91 Å². The molecule has 0 unspecified atom stereocenters. The number of carbonyl (C=O) groups is 2. The van der Waals surface area contributed by atoms with E-state index in [9.17, 15) is 14.0 Å². The SMILES string of the molecule is NCCOc1cnc2ccc(C(=O)c3c(Cl)ccc(NC(=O)c4cccc(F)c4)c3F)cc2n1. The van der Waals surface area contributed by atoms with Crippen LogP contribution in [0.4, 0.5) is 14.5 Å². The number of nitrogens with one attached hydrogen (secondary N) is 1. The molecule has 1 aromatic heterocycles. The molecule has 0 aliphatic rings. The van der Waals surface area contributed by atoms with Gasteiger partial charge in [-0.1, -0.05) is 17.7 Å². The lowest BCUT2D eigenvalue weighted by molar-refractivity contribution is 0.101. The molecule has 0 aliphatic carbocycles. The number of nitrogens with two attached hydrogens (primary N) is 1. The summed E-state index contributed by atoms with van der Waals surface area (Å²) in [5.74, 6) is -2.87. The van der Waals surface area contributed by atoms with Crippen molar-refractivity contribution in [2.45, 2.75) is 0 Å². The van der Waals surface area contributed by atoms with Gasteiger partial charge < -0.3 is 15.8 Å². The summed E-state index contributed by atoms with van der Waals surface area (Å²) in [5.41, 5.74) is 5.66. The summed E-state index contributed by atoms with van der Waals surface area (Å²) >= 11 is 6.14. The highest BCUT2D eigenvalue weighted by atomic mass is 35.5. The lowest BCUT2D eigenvalue weighted by Crippen LogP contribution is -2.15. The van der Waals surface area contributed by atoms with E-state index in [0.29, 0.717) is 17.6 Å². The maximum Gasteiger partial charge on any atom is 0.255 e. The highest BCUT2D eigenvalue weighted by Crippen LogP contribution is 2.29. The van der Waals surface area contributed by atoms with Crippen molar-refractivity contribution in [3.8, 4) is 5.88 Å². The number of aromatic nitrogens is 2. The highest BCUT2D eigenvalue weighted by molar-refractivity contribution is 6.35. The highest BCUT2D eigenvalue weighted by Gasteiger charge is 2.22. The van der Waals surface area contributed by atoms with Gasteiger partial charge in [-0.25, -0.2) is 18.7 Å². The fraction of sp³-hybridized carbons (Fsp3) is 0.0833. The van der Waals surface area contributed by atoms with Crippen LogP contribution in [-0.2, 0) is 0 Å². The number of nitrogens with zero attached hydrogens (tertiary/aromatic N) is 2. The van der Waals surface area contributed by atoms with Crippen LogP contribution in [0.1, 0.15) is 26.3 Å². The minimum Gasteiger partial charge on any atom is -0.475 e. The van der Waals surface area contributed by atoms with Gasteiger partial charge in [-0.15, -0.1) is 0 Å². The Labute approximate surface area is 197 Å². The minimum absolute atomic E-state index is 0.0111. The smallest absolute Gasteiger partial charge is 0.255 e. The van der Waals surface area contributed by atoms with Gasteiger partial charge in [0, 0.05) is 17.7 Å². The van der Waals surface area contributed by atoms with Crippen LogP contribution in [0.15, 0.2) is 60.8 Å². The second kappa shape index (κ2) is 9.90. The first-order chi connectivity index (χ1) is 16.4. The fourth-order valence-corrected chi connectivity index (χ4v) is 3.43. The second-order valence-electron chi connectivity index (χ2n) is 7.13. The summed E-state index contributed by atoms with van der Waals surface area (Å²) in [7, 11) is 0. The largest absolute Gasteiger partial charge is 0.475 e. The molecule has 3 N–H and O–H groups in total. The van der Waals surface area contributed by atoms with E-state index in [0.717, 1.165) is 6.07 Å². The van der Waals surface area contributed by atoms with E-state index < -0.39 is 28.9 Å². The summed E-state index contributed by atoms with van der Waals surface area (Å²) in [4.78, 5) is 34.1. The zero-order valence-corrected chi connectivity index (χ0v) is 18.3. The molecule has 10 heteroatoms. The van der Waals surface area contributed by atoms with E-state index in [1.807, 2.05) is 0 Å². The average molecular weight is 483 g/mol. The number of carbonyl (C=O) groups excluding carboxylic acids is 2. The molecule has 0 radical (unpaired) electrons. The zero-order chi connectivity index (χ0) is 24.2. The predicted molar refractivity (Wildman–Crippen MR) is 123 cm³/mol. The van der Waals surface area contributed by atoms with Gasteiger partial charge >= 0.3 is 0 Å². The first kappa shape index (κ1) is 23.2. The van der Waals surface area contributed by atoms with E-state index in [1.165, 1.54) is 48.7 Å². The minimum atomic E-state index is -1.02. The molecule has 0 atom stereocenters. The Morgan fingerprint density at radius 2 is 1.85 bits per heavy atom. The molecule has 1 heterocycles. The normalized spacial score (nSPS) is 10.8. The van der Waals surface area contributed by atoms with E-state index in [4.69, 9.17) is 22.1 Å². The monoisotopic (exact) mass is 482 g/mol. The fourth-order valence-electron chi connectivity index (χ4n) is 3.19. The molecule has 34 heavy (non-hydrogen) atoms. The molecular formula is C24H17ClF2N4O3. The van der Waals surface area contributed by atoms with Crippen LogP contribution >= 0.6 is 11.6 Å². The summed E-state index contributed by atoms with van der Waals surface area (Å²) in [6.45, 7) is 0.538. The predicted octanol–water partition coefficient (Wildman–Crippen LogP) is 4.38. The van der Waals surface area contributed by atoms with Gasteiger partial charge in [0.2, 0.25) is 5.88 Å². The molecule has 0 aliphatic heterocycles. The number of ether oxygens (including phenoxy) is 1. The number of hydrogen-bond donors (Lipinski definition) is 2. The number of benzene rings is 3. The Hall–Kier alpha value is -3.95. The van der Waals surface area contributed by atoms with Crippen LogP contribution in [0.3, 0.4) is 0 Å². The van der Waals surface area contributed by atoms with E-state index in [-0.39, 0.29) is 34.3 Å². The Morgan fingerprint density at radius 3 is 2.62 bits per heavy atom. The number of fused-ring (bicyclic) bond motifs is 1. The van der Waals surface area contributed by atoms with Crippen molar-refractivity contribution in [1.82, 2.24) is 9.97 Å². The molecule has 3 aromatic carbocycles. The van der Waals surface area contributed by atoms with Crippen molar-refractivity contribution in [1.29, 1.82) is 0 Å². The molecule has 4 rings (SSSR count). The summed E-state index contributed by atoms with van der Waals surface area (Å²) in [6.07, 6.45) is 1.43. The number of hydrogen-bond acceptors (Lipinski definition) is 6. The molecule has 0 spiro atoms. The third-order valence-electron chi connectivity index (χ3n) is 4.80. The Morgan fingerprint density at radius 1 is 1.03 bits per heavy atom. The Bertz CT molecular complexity index is 1410. The van der Waals surface area contributed by atoms with E-state index in [1.54, 1.807) is 6.07 Å². The molecule has 0 saturated carbocycles. The number of halogens is 3. The number of rotatable bonds is 7. The van der Waals surface area contributed by atoms with Crippen molar-refractivity contribution in [3.05, 3.63) is 94.1 Å². The zero-order valence-electron chi connectivity index (χ0n) is 17.5. The van der Waals surface area contributed by atoms with Crippen LogP contribution in [0.5, 0.6) is 5.88 Å². The molecule has 4 aromatic rings. The summed E-state index contributed by atoms with van der Waals surface area (Å²) in [6, 6.07) is 11.9. The number of ketones is 1. The lowest BCUT2D eigenvalue weighted by Gasteiger charge is -2.12. The molecule has 7 nitrogen and oxygen atoms in total. The number of anilines is 1. The average Bonchev–Trinajstić information content (AvgIpc) is 2.83. The molecule has 0 fully saturated rings. The van der Waals surface area contributed by atoms with Gasteiger partial charge in [0.15, 0.2) is 11.6 Å². The van der Waals surface area contributed by atoms with E-state index in [2.05, 4.69) is 15.3 Å². The summed E-state index contributed by atoms with van der Waals surface area (Å²) < 4.78 is 34.1. The van der Waals surface area contributed by atoms with Crippen LogP contribution < -0.4 is 15.8 Å². The maximum atomic E-state index is 15.3. The standard InChI is InChI=1S/C24H17ClF2N4O3/c25-16-5-7-18(31-24(33)14-2-1-3-15(26)10-14)22(27)21(16)23(32)13-4-6-17-19(11-13)30-20(12-29-17)34-9-8-28/h1-7,10-12H,8-9,28H2,(H,31,33).